The lowest BCUT2D eigenvalue weighted by molar-refractivity contribution is -0.154. The van der Waals surface area contributed by atoms with Crippen molar-refractivity contribution >= 4 is 35.7 Å². The maximum Gasteiger partial charge on any atom is 0.335 e. The van der Waals surface area contributed by atoms with Crippen LogP contribution in [0.4, 0.5) is 0 Å². The quantitative estimate of drug-likeness (QED) is 0.261. The summed E-state index contributed by atoms with van der Waals surface area (Å²) in [5.74, 6) is -4.12. The van der Waals surface area contributed by atoms with E-state index in [0.29, 0.717) is 19.6 Å². The molecule has 2 amide bonds. The van der Waals surface area contributed by atoms with Gasteiger partial charge in [0.15, 0.2) is 18.3 Å². The van der Waals surface area contributed by atoms with Crippen molar-refractivity contribution in [3.63, 3.8) is 0 Å². The second-order valence-corrected chi connectivity index (χ2v) is 8.67. The maximum atomic E-state index is 11.2. The van der Waals surface area contributed by atoms with Crippen LogP contribution in [0, 0.1) is 17.8 Å². The van der Waals surface area contributed by atoms with Gasteiger partial charge in [-0.2, -0.15) is 0 Å². The number of hydrogen-bond acceptors (Lipinski definition) is 11. The fraction of sp³-hybridized carbons (Fsp3) is 0.750. The average molecular weight is 563 g/mol. The van der Waals surface area contributed by atoms with Crippen LogP contribution in [0.15, 0.2) is 0 Å². The molecule has 1 unspecified atom stereocenters. The number of carbonyl (C=O) groups excluding carboxylic acids is 4. The third-order valence-electron chi connectivity index (χ3n) is 5.95. The van der Waals surface area contributed by atoms with Gasteiger partial charge in [-0.3, -0.25) is 14.4 Å². The van der Waals surface area contributed by atoms with Crippen molar-refractivity contribution in [1.82, 2.24) is 10.6 Å². The monoisotopic (exact) mass is 562 g/mol. The van der Waals surface area contributed by atoms with Crippen molar-refractivity contribution in [2.24, 2.45) is 17.8 Å². The SMILES string of the molecule is CCOC(=O)[C@H]1C[C@@H](C(=O)NC)CO1.CCOC(=O)[C@H]1C[C@@H](C(=O)O)CO1.CNC(=O)C1CO[C@@H](C(=O)O)C1. The zero-order valence-electron chi connectivity index (χ0n) is 22.5. The molecule has 3 fully saturated rings. The Kier molecular flexibility index (Phi) is 15.0. The van der Waals surface area contributed by atoms with Gasteiger partial charge < -0.3 is 44.5 Å². The van der Waals surface area contributed by atoms with E-state index in [1.807, 2.05) is 0 Å². The van der Waals surface area contributed by atoms with Gasteiger partial charge in [0.25, 0.3) is 0 Å². The van der Waals surface area contributed by atoms with Crippen molar-refractivity contribution in [1.29, 1.82) is 0 Å². The minimum atomic E-state index is -0.999. The third kappa shape index (κ3) is 11.1. The summed E-state index contributed by atoms with van der Waals surface area (Å²) in [4.78, 5) is 65.4. The highest BCUT2D eigenvalue weighted by Crippen LogP contribution is 2.22. The van der Waals surface area contributed by atoms with Crippen molar-refractivity contribution in [3.05, 3.63) is 0 Å². The zero-order chi connectivity index (χ0) is 29.5. The number of carboxylic acids is 2. The molecule has 0 aliphatic carbocycles. The molecule has 0 bridgehead atoms. The van der Waals surface area contributed by atoms with Gasteiger partial charge in [-0.25, -0.2) is 14.4 Å². The van der Waals surface area contributed by atoms with E-state index >= 15 is 0 Å². The van der Waals surface area contributed by atoms with Crippen molar-refractivity contribution in [3.8, 4) is 0 Å². The van der Waals surface area contributed by atoms with E-state index in [1.165, 1.54) is 7.05 Å². The lowest BCUT2D eigenvalue weighted by atomic mass is 10.1. The van der Waals surface area contributed by atoms with E-state index in [2.05, 4.69) is 10.6 Å². The molecule has 0 aromatic heterocycles. The third-order valence-corrected chi connectivity index (χ3v) is 5.95. The Bertz CT molecular complexity index is 865. The number of amides is 2. The molecule has 3 saturated heterocycles. The second kappa shape index (κ2) is 17.3. The molecular formula is C24H38N2O13. The summed E-state index contributed by atoms with van der Waals surface area (Å²) in [6.07, 6.45) is -1.17. The van der Waals surface area contributed by atoms with Crippen LogP contribution in [0.2, 0.25) is 0 Å². The summed E-state index contributed by atoms with van der Waals surface area (Å²) in [6.45, 7) is 4.66. The molecule has 15 nitrogen and oxygen atoms in total. The number of carbonyl (C=O) groups is 6. The van der Waals surface area contributed by atoms with Crippen LogP contribution in [-0.4, -0.2) is 111 Å². The fourth-order valence-corrected chi connectivity index (χ4v) is 3.80. The Hall–Kier alpha value is -3.30. The number of nitrogens with one attached hydrogen (secondary N) is 2. The predicted octanol–water partition coefficient (Wildman–Crippen LogP) is -1.04. The topological polar surface area (TPSA) is 213 Å². The molecule has 15 heteroatoms. The van der Waals surface area contributed by atoms with Crippen molar-refractivity contribution < 1.29 is 62.7 Å². The van der Waals surface area contributed by atoms with Gasteiger partial charge in [0.1, 0.15) is 0 Å². The molecule has 0 aromatic carbocycles. The van der Waals surface area contributed by atoms with Gasteiger partial charge in [-0.1, -0.05) is 0 Å². The number of esters is 2. The molecule has 0 aromatic rings. The summed E-state index contributed by atoms with van der Waals surface area (Å²) in [7, 11) is 3.09. The maximum absolute atomic E-state index is 11.2. The van der Waals surface area contributed by atoms with Crippen LogP contribution in [0.1, 0.15) is 33.1 Å². The van der Waals surface area contributed by atoms with Crippen LogP contribution in [0.5, 0.6) is 0 Å². The smallest absolute Gasteiger partial charge is 0.335 e. The first kappa shape index (κ1) is 33.7. The summed E-state index contributed by atoms with van der Waals surface area (Å²) >= 11 is 0. The first-order valence-electron chi connectivity index (χ1n) is 12.6. The van der Waals surface area contributed by atoms with E-state index in [9.17, 15) is 28.8 Å². The number of ether oxygens (including phenoxy) is 5. The summed E-state index contributed by atoms with van der Waals surface area (Å²) in [6, 6.07) is 0. The Morgan fingerprint density at radius 2 is 1.00 bits per heavy atom. The Morgan fingerprint density at radius 3 is 1.31 bits per heavy atom. The highest BCUT2D eigenvalue weighted by molar-refractivity contribution is 5.82. The van der Waals surface area contributed by atoms with Gasteiger partial charge in [0.2, 0.25) is 11.8 Å². The molecule has 0 spiro atoms. The summed E-state index contributed by atoms with van der Waals surface area (Å²) in [5.41, 5.74) is 0. The van der Waals surface area contributed by atoms with Gasteiger partial charge >= 0.3 is 23.9 Å². The average Bonchev–Trinajstić information content (AvgIpc) is 3.69. The second-order valence-electron chi connectivity index (χ2n) is 8.67. The standard InChI is InChI=1S/C9H15NO4.C8H12O5.C7H11NO4/c1-3-13-9(12)7-4-6(5-14-7)8(11)10-2;1-2-12-8(11)6-3-5(4-13-6)7(9)10;1-8-6(9)4-2-5(7(10)11)12-3-4/h6-7H,3-5H2,1-2H3,(H,10,11);5-6H,2-4H2,1H3,(H,9,10);4-5H,2-3H2,1H3,(H,8,9)(H,10,11)/t6-,7-;5-,6-;4?,5-/m111/s1. The number of aliphatic carboxylic acids is 2. The molecule has 3 aliphatic heterocycles. The van der Waals surface area contributed by atoms with Crippen LogP contribution in [0.3, 0.4) is 0 Å². The minimum absolute atomic E-state index is 0.0863. The molecule has 222 valence electrons. The molecular weight excluding hydrogens is 524 g/mol. The van der Waals surface area contributed by atoms with E-state index in [1.54, 1.807) is 20.9 Å². The first-order chi connectivity index (χ1) is 18.5. The van der Waals surface area contributed by atoms with Gasteiger partial charge in [-0.05, 0) is 33.1 Å². The van der Waals surface area contributed by atoms with Crippen molar-refractivity contribution in [2.75, 3.05) is 47.1 Å². The van der Waals surface area contributed by atoms with Crippen LogP contribution < -0.4 is 10.6 Å². The molecule has 3 aliphatic rings. The van der Waals surface area contributed by atoms with Gasteiger partial charge in [0.05, 0.1) is 50.8 Å². The van der Waals surface area contributed by atoms with Gasteiger partial charge in [-0.15, -0.1) is 0 Å². The normalized spacial score (nSPS) is 27.1. The lowest BCUT2D eigenvalue weighted by Crippen LogP contribution is -2.28. The largest absolute Gasteiger partial charge is 0.481 e. The number of hydrogen-bond donors (Lipinski definition) is 4. The minimum Gasteiger partial charge on any atom is -0.481 e. The fourth-order valence-electron chi connectivity index (χ4n) is 3.80. The summed E-state index contributed by atoms with van der Waals surface area (Å²) in [5, 5.41) is 22.1. The summed E-state index contributed by atoms with van der Waals surface area (Å²) < 4.78 is 24.5. The van der Waals surface area contributed by atoms with E-state index in [0.717, 1.165) is 0 Å². The molecule has 0 radical (unpaired) electrons. The molecule has 3 rings (SSSR count). The predicted molar refractivity (Wildman–Crippen MR) is 130 cm³/mol. The highest BCUT2D eigenvalue weighted by Gasteiger charge is 2.37. The number of carboxylic acid groups (broad SMARTS) is 2. The van der Waals surface area contributed by atoms with Crippen LogP contribution in [-0.2, 0) is 52.5 Å². The lowest BCUT2D eigenvalue weighted by Gasteiger charge is -2.07. The Labute approximate surface area is 225 Å². The number of rotatable bonds is 8. The van der Waals surface area contributed by atoms with Crippen LogP contribution >= 0.6 is 0 Å². The van der Waals surface area contributed by atoms with E-state index < -0.39 is 42.1 Å². The van der Waals surface area contributed by atoms with E-state index in [4.69, 9.17) is 33.9 Å². The Morgan fingerprint density at radius 1 is 0.641 bits per heavy atom. The first-order valence-corrected chi connectivity index (χ1v) is 12.6. The van der Waals surface area contributed by atoms with Gasteiger partial charge in [0, 0.05) is 14.1 Å². The molecule has 39 heavy (non-hydrogen) atoms. The Balaban J connectivity index is 0.000000293. The van der Waals surface area contributed by atoms with Crippen molar-refractivity contribution in [2.45, 2.75) is 51.4 Å². The van der Waals surface area contributed by atoms with E-state index in [-0.39, 0.29) is 62.3 Å². The molecule has 0 saturated carbocycles. The highest BCUT2D eigenvalue weighted by atomic mass is 16.6. The zero-order valence-corrected chi connectivity index (χ0v) is 22.5. The van der Waals surface area contributed by atoms with Crippen LogP contribution in [0.25, 0.3) is 0 Å². The molecule has 4 N–H and O–H groups in total. The molecule has 3 heterocycles. The molecule has 6 atom stereocenters.